The van der Waals surface area contributed by atoms with Gasteiger partial charge in [-0.3, -0.25) is 15.0 Å². The minimum absolute atomic E-state index is 0.0353. The van der Waals surface area contributed by atoms with Gasteiger partial charge in [-0.2, -0.15) is 0 Å². The van der Waals surface area contributed by atoms with E-state index in [1.54, 1.807) is 6.20 Å². The highest BCUT2D eigenvalue weighted by Gasteiger charge is 2.18. The van der Waals surface area contributed by atoms with Gasteiger partial charge in [-0.25, -0.2) is 9.07 Å². The number of aliphatic carboxylic acids is 1. The van der Waals surface area contributed by atoms with E-state index < -0.39 is 23.7 Å². The normalized spacial score (nSPS) is 11.7. The summed E-state index contributed by atoms with van der Waals surface area (Å²) in [6, 6.07) is 4.47. The Labute approximate surface area is 148 Å². The highest BCUT2D eigenvalue weighted by molar-refractivity contribution is 5.78. The number of hydrogen-bond donors (Lipinski definition) is 4. The number of nitrogens with zero attached hydrogens (tertiary/aromatic N) is 3. The Bertz CT molecular complexity index is 790. The molecule has 5 N–H and O–H groups in total. The number of carboxylic acid groups (broad SMARTS) is 1. The van der Waals surface area contributed by atoms with E-state index in [1.165, 1.54) is 28.9 Å². The lowest BCUT2D eigenvalue weighted by molar-refractivity contribution is -0.137. The molecule has 1 aromatic heterocycles. The topological polar surface area (TPSA) is 147 Å². The van der Waals surface area contributed by atoms with E-state index in [9.17, 15) is 14.0 Å². The fourth-order valence-corrected chi connectivity index (χ4v) is 2.30. The number of rotatable bonds is 9. The number of carbonyl (C=O) groups is 2. The van der Waals surface area contributed by atoms with Crippen LogP contribution in [0.2, 0.25) is 0 Å². The van der Waals surface area contributed by atoms with E-state index in [0.717, 1.165) is 0 Å². The van der Waals surface area contributed by atoms with Crippen LogP contribution in [0.5, 0.6) is 0 Å². The van der Waals surface area contributed by atoms with Crippen molar-refractivity contribution in [1.29, 1.82) is 5.41 Å². The third kappa shape index (κ3) is 5.96. The summed E-state index contributed by atoms with van der Waals surface area (Å²) in [6.07, 6.45) is 2.01. The monoisotopic (exact) mass is 362 g/mol. The van der Waals surface area contributed by atoms with Crippen molar-refractivity contribution in [1.82, 2.24) is 20.3 Å². The van der Waals surface area contributed by atoms with Crippen molar-refractivity contribution in [3.63, 3.8) is 0 Å². The number of carboxylic acids is 1. The van der Waals surface area contributed by atoms with Crippen LogP contribution < -0.4 is 11.1 Å². The number of hydrogen-bond acceptors (Lipinski definition) is 5. The van der Waals surface area contributed by atoms with E-state index in [2.05, 4.69) is 15.6 Å². The molecular weight excluding hydrogens is 343 g/mol. The first-order chi connectivity index (χ1) is 12.3. The van der Waals surface area contributed by atoms with Gasteiger partial charge >= 0.3 is 5.97 Å². The van der Waals surface area contributed by atoms with Crippen molar-refractivity contribution >= 4 is 17.7 Å². The molecule has 0 aliphatic heterocycles. The maximum absolute atomic E-state index is 13.0. The van der Waals surface area contributed by atoms with Crippen LogP contribution in [0, 0.1) is 11.2 Å². The summed E-state index contributed by atoms with van der Waals surface area (Å²) < 4.78 is 14.3. The van der Waals surface area contributed by atoms with E-state index in [4.69, 9.17) is 16.2 Å². The van der Waals surface area contributed by atoms with Gasteiger partial charge in [-0.05, 0) is 17.7 Å². The van der Waals surface area contributed by atoms with E-state index in [-0.39, 0.29) is 18.8 Å². The highest BCUT2D eigenvalue weighted by Crippen LogP contribution is 2.17. The number of carbonyl (C=O) groups excluding carboxylic acids is 1. The molecule has 138 valence electrons. The van der Waals surface area contributed by atoms with Gasteiger partial charge in [-0.15, -0.1) is 5.10 Å². The standard InChI is InChI=1S/C16H19FN6O3/c17-11-3-1-10(2-4-11)13(7-16(25)26)20-15(24)9-23-8-12(21-22-23)5-6-14(18)19/h1-4,8,13H,5-7,9H2,(H3,18,19)(H,20,24)(H,25,26)/t13-/m0/s1. The SMILES string of the molecule is N=C(N)CCc1cn(CC(=O)N[C@@H](CC(=O)O)c2ccc(F)cc2)nn1. The lowest BCUT2D eigenvalue weighted by Crippen LogP contribution is -2.33. The fourth-order valence-electron chi connectivity index (χ4n) is 2.30. The predicted molar refractivity (Wildman–Crippen MR) is 89.8 cm³/mol. The molecule has 9 nitrogen and oxygen atoms in total. The maximum atomic E-state index is 13.0. The molecular formula is C16H19FN6O3. The molecule has 0 saturated carbocycles. The van der Waals surface area contributed by atoms with Gasteiger partial charge in [0.1, 0.15) is 12.4 Å². The second kappa shape index (κ2) is 8.70. The lowest BCUT2D eigenvalue weighted by atomic mass is 10.0. The summed E-state index contributed by atoms with van der Waals surface area (Å²) in [7, 11) is 0. The van der Waals surface area contributed by atoms with Crippen LogP contribution in [0.3, 0.4) is 0 Å². The minimum atomic E-state index is -1.09. The van der Waals surface area contributed by atoms with Crippen LogP contribution in [-0.2, 0) is 22.6 Å². The van der Waals surface area contributed by atoms with E-state index in [0.29, 0.717) is 24.1 Å². The van der Waals surface area contributed by atoms with Crippen molar-refractivity contribution in [3.05, 3.63) is 47.5 Å². The Kier molecular flexibility index (Phi) is 6.36. The third-order valence-corrected chi connectivity index (χ3v) is 3.53. The average Bonchev–Trinajstić information content (AvgIpc) is 3.00. The molecule has 1 heterocycles. The van der Waals surface area contributed by atoms with Gasteiger partial charge in [0.2, 0.25) is 5.91 Å². The molecule has 10 heteroatoms. The number of nitrogens with one attached hydrogen (secondary N) is 2. The Morgan fingerprint density at radius 2 is 2.04 bits per heavy atom. The zero-order valence-corrected chi connectivity index (χ0v) is 13.9. The summed E-state index contributed by atoms with van der Waals surface area (Å²) >= 11 is 0. The number of nitrogens with two attached hydrogens (primary N) is 1. The molecule has 0 fully saturated rings. The fraction of sp³-hybridized carbons (Fsp3) is 0.312. The molecule has 1 atom stereocenters. The quantitative estimate of drug-likeness (QED) is 0.380. The summed E-state index contributed by atoms with van der Waals surface area (Å²) in [4.78, 5) is 23.2. The molecule has 1 aromatic carbocycles. The molecule has 0 unspecified atom stereocenters. The van der Waals surface area contributed by atoms with Crippen LogP contribution in [0.25, 0.3) is 0 Å². The number of amides is 1. The van der Waals surface area contributed by atoms with E-state index in [1.807, 2.05) is 0 Å². The van der Waals surface area contributed by atoms with Crippen molar-refractivity contribution < 1.29 is 19.1 Å². The number of amidine groups is 1. The maximum Gasteiger partial charge on any atom is 0.305 e. The minimum Gasteiger partial charge on any atom is -0.481 e. The first kappa shape index (κ1) is 19.0. The molecule has 0 radical (unpaired) electrons. The molecule has 2 aromatic rings. The molecule has 1 amide bonds. The first-order valence-corrected chi connectivity index (χ1v) is 7.82. The summed E-state index contributed by atoms with van der Waals surface area (Å²) in [5, 5.41) is 26.5. The average molecular weight is 362 g/mol. The Hall–Kier alpha value is -3.30. The third-order valence-electron chi connectivity index (χ3n) is 3.53. The zero-order valence-electron chi connectivity index (χ0n) is 13.9. The van der Waals surface area contributed by atoms with Gasteiger partial charge in [0.25, 0.3) is 0 Å². The lowest BCUT2D eigenvalue weighted by Gasteiger charge is -2.17. The molecule has 0 bridgehead atoms. The summed E-state index contributed by atoms with van der Waals surface area (Å²) in [5.74, 6) is -1.96. The molecule has 0 aliphatic carbocycles. The van der Waals surface area contributed by atoms with Crippen LogP contribution in [0.15, 0.2) is 30.5 Å². The molecule has 26 heavy (non-hydrogen) atoms. The van der Waals surface area contributed by atoms with Crippen molar-refractivity contribution in [2.75, 3.05) is 0 Å². The number of aromatic nitrogens is 3. The van der Waals surface area contributed by atoms with Gasteiger partial charge in [0.15, 0.2) is 0 Å². The van der Waals surface area contributed by atoms with Crippen LogP contribution in [-0.4, -0.2) is 37.8 Å². The van der Waals surface area contributed by atoms with Gasteiger partial charge in [0.05, 0.1) is 24.0 Å². The Morgan fingerprint density at radius 1 is 1.35 bits per heavy atom. The van der Waals surface area contributed by atoms with Crippen molar-refractivity contribution in [3.8, 4) is 0 Å². The zero-order chi connectivity index (χ0) is 19.1. The summed E-state index contributed by atoms with van der Waals surface area (Å²) in [5.41, 5.74) is 6.36. The van der Waals surface area contributed by atoms with E-state index >= 15 is 0 Å². The molecule has 0 aliphatic rings. The van der Waals surface area contributed by atoms with Crippen LogP contribution >= 0.6 is 0 Å². The number of halogens is 1. The smallest absolute Gasteiger partial charge is 0.305 e. The second-order valence-corrected chi connectivity index (χ2v) is 5.70. The molecule has 0 spiro atoms. The van der Waals surface area contributed by atoms with Crippen LogP contribution in [0.1, 0.15) is 30.1 Å². The van der Waals surface area contributed by atoms with Crippen molar-refractivity contribution in [2.45, 2.75) is 31.8 Å². The Morgan fingerprint density at radius 3 is 2.65 bits per heavy atom. The van der Waals surface area contributed by atoms with Crippen molar-refractivity contribution in [2.24, 2.45) is 5.73 Å². The number of aryl methyl sites for hydroxylation is 1. The predicted octanol–water partition coefficient (Wildman–Crippen LogP) is 0.618. The van der Waals surface area contributed by atoms with Gasteiger partial charge in [0, 0.05) is 19.0 Å². The van der Waals surface area contributed by atoms with Crippen LogP contribution in [0.4, 0.5) is 4.39 Å². The molecule has 0 saturated heterocycles. The van der Waals surface area contributed by atoms with Gasteiger partial charge < -0.3 is 16.2 Å². The second-order valence-electron chi connectivity index (χ2n) is 5.70. The van der Waals surface area contributed by atoms with Gasteiger partial charge in [-0.1, -0.05) is 17.3 Å². The first-order valence-electron chi connectivity index (χ1n) is 7.82. The highest BCUT2D eigenvalue weighted by atomic mass is 19.1. The summed E-state index contributed by atoms with van der Waals surface area (Å²) in [6.45, 7) is -0.148. The molecule has 2 rings (SSSR count). The number of benzene rings is 1. The Balaban J connectivity index is 1.99. The largest absolute Gasteiger partial charge is 0.481 e.